The predicted molar refractivity (Wildman–Crippen MR) is 89.7 cm³/mol. The van der Waals surface area contributed by atoms with Crippen molar-refractivity contribution in [2.75, 3.05) is 16.9 Å². The largest absolute Gasteiger partial charge is 0.416 e. The number of nitrogens with one attached hydrogen (secondary N) is 1. The van der Waals surface area contributed by atoms with Crippen LogP contribution in [0.25, 0.3) is 0 Å². The average Bonchev–Trinajstić information content (AvgIpc) is 2.85. The Morgan fingerprint density at radius 3 is 2.52 bits per heavy atom. The van der Waals surface area contributed by atoms with Crippen LogP contribution in [0, 0.1) is 0 Å². The molecular weight excluding hydrogens is 355 g/mol. The second-order valence-corrected chi connectivity index (χ2v) is 7.28. The van der Waals surface area contributed by atoms with E-state index >= 15 is 0 Å². The van der Waals surface area contributed by atoms with Gasteiger partial charge in [-0.2, -0.15) is 13.2 Å². The quantitative estimate of drug-likeness (QED) is 0.636. The van der Waals surface area contributed by atoms with Gasteiger partial charge in [-0.05, 0) is 18.2 Å². The molecule has 0 aliphatic rings. The van der Waals surface area contributed by atoms with Crippen LogP contribution >= 0.6 is 11.8 Å². The summed E-state index contributed by atoms with van der Waals surface area (Å²) < 4.78 is 39.3. The van der Waals surface area contributed by atoms with Gasteiger partial charge in [0.25, 0.3) is 0 Å². The number of anilines is 1. The fraction of sp³-hybridized carbons (Fsp3) is 0.400. The molecule has 1 heterocycles. The molecule has 0 saturated carbocycles. The van der Waals surface area contributed by atoms with E-state index in [0.29, 0.717) is 11.0 Å². The van der Waals surface area contributed by atoms with Crippen LogP contribution < -0.4 is 11.2 Å². The third-order valence-corrected chi connectivity index (χ3v) is 4.08. The summed E-state index contributed by atoms with van der Waals surface area (Å²) in [6.45, 7) is 5.78. The number of thioether (sulfide) groups is 1. The fourth-order valence-electron chi connectivity index (χ4n) is 1.99. The lowest BCUT2D eigenvalue weighted by molar-refractivity contribution is -0.137. The van der Waals surface area contributed by atoms with Crippen LogP contribution in [0.3, 0.4) is 0 Å². The first-order valence-corrected chi connectivity index (χ1v) is 8.28. The van der Waals surface area contributed by atoms with Gasteiger partial charge in [0, 0.05) is 11.1 Å². The zero-order chi connectivity index (χ0) is 18.8. The number of halogens is 3. The number of aromatic nitrogens is 3. The standard InChI is InChI=1S/C15H18F3N5OS/c1-14(2,3)12-21-22-13(23(12)19)25-8-11(24)20-10-6-4-5-9(7-10)15(16,17)18/h4-7H,8,19H2,1-3H3,(H,20,24). The van der Waals surface area contributed by atoms with Crippen molar-refractivity contribution in [1.29, 1.82) is 0 Å². The Morgan fingerprint density at radius 1 is 1.28 bits per heavy atom. The minimum Gasteiger partial charge on any atom is -0.336 e. The molecule has 0 unspecified atom stereocenters. The zero-order valence-electron chi connectivity index (χ0n) is 13.9. The first-order valence-electron chi connectivity index (χ1n) is 7.29. The summed E-state index contributed by atoms with van der Waals surface area (Å²) >= 11 is 1.05. The number of rotatable bonds is 4. The molecule has 6 nitrogen and oxygen atoms in total. The van der Waals surface area contributed by atoms with E-state index in [1.807, 2.05) is 20.8 Å². The number of hydrogen-bond donors (Lipinski definition) is 2. The van der Waals surface area contributed by atoms with Crippen LogP contribution in [-0.2, 0) is 16.4 Å². The molecule has 0 bridgehead atoms. The minimum atomic E-state index is -4.46. The van der Waals surface area contributed by atoms with E-state index in [1.165, 1.54) is 16.8 Å². The number of nitrogens with zero attached hydrogens (tertiary/aromatic N) is 3. The van der Waals surface area contributed by atoms with Crippen molar-refractivity contribution in [3.05, 3.63) is 35.7 Å². The number of nitrogen functional groups attached to an aromatic ring is 1. The Morgan fingerprint density at radius 2 is 1.96 bits per heavy atom. The Labute approximate surface area is 147 Å². The van der Waals surface area contributed by atoms with Crippen molar-refractivity contribution >= 4 is 23.4 Å². The van der Waals surface area contributed by atoms with E-state index in [9.17, 15) is 18.0 Å². The SMILES string of the molecule is CC(C)(C)c1nnc(SCC(=O)Nc2cccc(C(F)(F)F)c2)n1N. The van der Waals surface area contributed by atoms with Crippen molar-refractivity contribution in [3.8, 4) is 0 Å². The molecule has 0 fully saturated rings. The molecule has 0 saturated heterocycles. The molecule has 1 amide bonds. The van der Waals surface area contributed by atoms with Crippen LogP contribution in [0.4, 0.5) is 18.9 Å². The molecule has 0 atom stereocenters. The van der Waals surface area contributed by atoms with Gasteiger partial charge in [0.2, 0.25) is 11.1 Å². The van der Waals surface area contributed by atoms with Crippen LogP contribution in [0.2, 0.25) is 0 Å². The second kappa shape index (κ2) is 6.95. The van der Waals surface area contributed by atoms with Gasteiger partial charge in [-0.1, -0.05) is 38.6 Å². The number of benzene rings is 1. The van der Waals surface area contributed by atoms with E-state index in [2.05, 4.69) is 15.5 Å². The highest BCUT2D eigenvalue weighted by atomic mass is 32.2. The van der Waals surface area contributed by atoms with E-state index in [-0.39, 0.29) is 16.9 Å². The van der Waals surface area contributed by atoms with Crippen molar-refractivity contribution in [3.63, 3.8) is 0 Å². The average molecular weight is 373 g/mol. The Balaban J connectivity index is 1.99. The van der Waals surface area contributed by atoms with Gasteiger partial charge >= 0.3 is 6.18 Å². The fourth-order valence-corrected chi connectivity index (χ4v) is 2.64. The molecular formula is C15H18F3N5OS. The van der Waals surface area contributed by atoms with Crippen molar-refractivity contribution in [2.24, 2.45) is 0 Å². The number of carbonyl (C=O) groups excluding carboxylic acids is 1. The van der Waals surface area contributed by atoms with Gasteiger partial charge < -0.3 is 11.2 Å². The lowest BCUT2D eigenvalue weighted by atomic mass is 9.96. The van der Waals surface area contributed by atoms with E-state index in [4.69, 9.17) is 5.84 Å². The highest BCUT2D eigenvalue weighted by Gasteiger charge is 2.30. The van der Waals surface area contributed by atoms with Gasteiger partial charge in [-0.3, -0.25) is 4.79 Å². The molecule has 0 aliphatic heterocycles. The Bertz CT molecular complexity index is 767. The number of amides is 1. The molecule has 3 N–H and O–H groups in total. The topological polar surface area (TPSA) is 85.8 Å². The first kappa shape index (κ1) is 19.1. The Hall–Kier alpha value is -2.23. The van der Waals surface area contributed by atoms with Crippen LogP contribution in [0.1, 0.15) is 32.2 Å². The molecule has 0 aliphatic carbocycles. The summed E-state index contributed by atoms with van der Waals surface area (Å²) in [4.78, 5) is 12.0. The number of nitrogens with two attached hydrogens (primary N) is 1. The molecule has 0 radical (unpaired) electrons. The molecule has 25 heavy (non-hydrogen) atoms. The highest BCUT2D eigenvalue weighted by molar-refractivity contribution is 7.99. The van der Waals surface area contributed by atoms with E-state index in [1.54, 1.807) is 0 Å². The zero-order valence-corrected chi connectivity index (χ0v) is 14.7. The molecule has 136 valence electrons. The maximum Gasteiger partial charge on any atom is 0.416 e. The predicted octanol–water partition coefficient (Wildman–Crippen LogP) is 3.04. The maximum atomic E-state index is 12.7. The van der Waals surface area contributed by atoms with E-state index in [0.717, 1.165) is 23.9 Å². The number of alkyl halides is 3. The summed E-state index contributed by atoms with van der Waals surface area (Å²) in [5.41, 5.74) is -1.06. The normalized spacial score (nSPS) is 12.2. The summed E-state index contributed by atoms with van der Waals surface area (Å²) in [6.07, 6.45) is -4.46. The smallest absolute Gasteiger partial charge is 0.336 e. The van der Waals surface area contributed by atoms with E-state index < -0.39 is 17.6 Å². The minimum absolute atomic E-state index is 0.0598. The van der Waals surface area contributed by atoms with Gasteiger partial charge in [-0.15, -0.1) is 10.2 Å². The molecule has 0 spiro atoms. The van der Waals surface area contributed by atoms with Gasteiger partial charge in [0.05, 0.1) is 11.3 Å². The lowest BCUT2D eigenvalue weighted by Gasteiger charge is -2.16. The van der Waals surface area contributed by atoms with Crippen LogP contribution in [0.15, 0.2) is 29.4 Å². The maximum absolute atomic E-state index is 12.7. The van der Waals surface area contributed by atoms with Gasteiger partial charge in [0.15, 0.2) is 5.82 Å². The van der Waals surface area contributed by atoms with Crippen LogP contribution in [0.5, 0.6) is 0 Å². The lowest BCUT2D eigenvalue weighted by Crippen LogP contribution is -2.24. The van der Waals surface area contributed by atoms with Crippen molar-refractivity contribution in [1.82, 2.24) is 14.9 Å². The summed E-state index contributed by atoms with van der Waals surface area (Å²) in [5.74, 6) is 5.95. The summed E-state index contributed by atoms with van der Waals surface area (Å²) in [7, 11) is 0. The molecule has 10 heteroatoms. The van der Waals surface area contributed by atoms with Crippen LogP contribution in [-0.4, -0.2) is 26.5 Å². The molecule has 1 aromatic carbocycles. The Kier molecular flexibility index (Phi) is 5.31. The van der Waals surface area contributed by atoms with Crippen molar-refractivity contribution in [2.45, 2.75) is 37.5 Å². The molecule has 1 aromatic heterocycles. The number of hydrogen-bond acceptors (Lipinski definition) is 5. The van der Waals surface area contributed by atoms with Crippen molar-refractivity contribution < 1.29 is 18.0 Å². The summed E-state index contributed by atoms with van der Waals surface area (Å²) in [5, 5.41) is 10.7. The summed E-state index contributed by atoms with van der Waals surface area (Å²) in [6, 6.07) is 4.44. The monoisotopic (exact) mass is 373 g/mol. The first-order chi connectivity index (χ1) is 11.5. The molecule has 2 rings (SSSR count). The second-order valence-electron chi connectivity index (χ2n) is 6.34. The third-order valence-electron chi connectivity index (χ3n) is 3.14. The van der Waals surface area contributed by atoms with Gasteiger partial charge in [0.1, 0.15) is 0 Å². The molecule has 2 aromatic rings. The van der Waals surface area contributed by atoms with Gasteiger partial charge in [-0.25, -0.2) is 4.68 Å². The third kappa shape index (κ3) is 4.88. The number of carbonyl (C=O) groups is 1. The highest BCUT2D eigenvalue weighted by Crippen LogP contribution is 2.30.